The van der Waals surface area contributed by atoms with Crippen molar-refractivity contribution in [1.82, 2.24) is 9.13 Å². The van der Waals surface area contributed by atoms with Crippen LogP contribution in [0.4, 0.5) is 0 Å². The second-order valence-corrected chi connectivity index (χ2v) is 11.1. The van der Waals surface area contributed by atoms with Gasteiger partial charge in [0.2, 0.25) is 0 Å². The lowest BCUT2D eigenvalue weighted by molar-refractivity contribution is 1.16. The minimum Gasteiger partial charge on any atom is -0.309 e. The third-order valence-corrected chi connectivity index (χ3v) is 8.60. The van der Waals surface area contributed by atoms with Crippen LogP contribution in [0.3, 0.4) is 0 Å². The Bertz CT molecular complexity index is 2750. The molecule has 0 radical (unpaired) electrons. The lowest BCUT2D eigenvalue weighted by Crippen LogP contribution is -2.02. The van der Waals surface area contributed by atoms with Crippen molar-refractivity contribution in [3.05, 3.63) is 144 Å². The van der Waals surface area contributed by atoms with E-state index in [1.807, 2.05) is 103 Å². The first kappa shape index (κ1) is 26.5. The van der Waals surface area contributed by atoms with Crippen molar-refractivity contribution in [2.24, 2.45) is 0 Å². The molecule has 8 rings (SSSR count). The summed E-state index contributed by atoms with van der Waals surface area (Å²) in [6, 6.07) is 47.9. The minimum absolute atomic E-state index is 0.473. The molecular weight excluding hydrogens is 564 g/mol. The highest BCUT2D eigenvalue weighted by atomic mass is 15.0. The van der Waals surface area contributed by atoms with Gasteiger partial charge in [-0.2, -0.15) is 21.0 Å². The third-order valence-electron chi connectivity index (χ3n) is 8.60. The number of nitriles is 4. The van der Waals surface area contributed by atoms with Crippen LogP contribution < -0.4 is 0 Å². The molecule has 0 N–H and O–H groups in total. The van der Waals surface area contributed by atoms with Crippen molar-refractivity contribution in [3.63, 3.8) is 0 Å². The summed E-state index contributed by atoms with van der Waals surface area (Å²) in [5.74, 6) is 0. The van der Waals surface area contributed by atoms with E-state index in [0.29, 0.717) is 27.9 Å². The first-order chi connectivity index (χ1) is 22.6. The highest BCUT2D eigenvalue weighted by Crippen LogP contribution is 2.40. The Morgan fingerprint density at radius 2 is 0.978 bits per heavy atom. The Labute approximate surface area is 263 Å². The van der Waals surface area contributed by atoms with Crippen LogP contribution in [-0.4, -0.2) is 9.13 Å². The quantitative estimate of drug-likeness (QED) is 0.207. The Morgan fingerprint density at radius 1 is 0.413 bits per heavy atom. The number of fused-ring (bicyclic) bond motifs is 6. The number of para-hydroxylation sites is 3. The van der Waals surface area contributed by atoms with Crippen LogP contribution >= 0.6 is 0 Å². The molecule has 0 saturated carbocycles. The standard InChI is InChI=1S/C40H20N6/c41-21-25-12-14-38-34(18-25)32-7-1-3-10-36(32)45(38)30-17-27(23-43)16-29(20-30)31-9-5-6-28(24-44)40(31)46-37-11-4-2-8-33(37)35-19-26(22-42)13-15-39(35)46/h1-20H. The molecule has 0 aliphatic carbocycles. The highest BCUT2D eigenvalue weighted by Gasteiger charge is 2.21. The number of hydrogen-bond acceptors (Lipinski definition) is 4. The fourth-order valence-electron chi connectivity index (χ4n) is 6.67. The Morgan fingerprint density at radius 3 is 1.59 bits per heavy atom. The van der Waals surface area contributed by atoms with E-state index < -0.39 is 0 Å². The van der Waals surface area contributed by atoms with Gasteiger partial charge in [0.1, 0.15) is 6.07 Å². The minimum atomic E-state index is 0.473. The zero-order valence-corrected chi connectivity index (χ0v) is 24.2. The summed E-state index contributed by atoms with van der Waals surface area (Å²) in [7, 11) is 0. The van der Waals surface area contributed by atoms with Crippen molar-refractivity contribution in [2.45, 2.75) is 0 Å². The van der Waals surface area contributed by atoms with Gasteiger partial charge in [0.05, 0.1) is 68.2 Å². The molecule has 8 aromatic rings. The average Bonchev–Trinajstić information content (AvgIpc) is 3.62. The summed E-state index contributed by atoms with van der Waals surface area (Å²) in [6.07, 6.45) is 0. The first-order valence-corrected chi connectivity index (χ1v) is 14.6. The molecule has 0 fully saturated rings. The van der Waals surface area contributed by atoms with Gasteiger partial charge in [-0.05, 0) is 78.4 Å². The predicted octanol–water partition coefficient (Wildman–Crippen LogP) is 9.03. The first-order valence-electron chi connectivity index (χ1n) is 14.6. The Balaban J connectivity index is 1.46. The summed E-state index contributed by atoms with van der Waals surface area (Å²) < 4.78 is 4.20. The van der Waals surface area contributed by atoms with E-state index in [0.717, 1.165) is 60.4 Å². The Kier molecular flexibility index (Phi) is 5.91. The van der Waals surface area contributed by atoms with Crippen LogP contribution in [0, 0.1) is 45.3 Å². The van der Waals surface area contributed by atoms with Gasteiger partial charge in [-0.15, -0.1) is 0 Å². The summed E-state index contributed by atoms with van der Waals surface area (Å²) in [6.45, 7) is 0. The molecule has 0 aliphatic heterocycles. The number of aromatic nitrogens is 2. The fraction of sp³-hybridized carbons (Fsp3) is 0. The summed E-state index contributed by atoms with van der Waals surface area (Å²) >= 11 is 0. The van der Waals surface area contributed by atoms with Gasteiger partial charge in [-0.25, -0.2) is 0 Å². The molecule has 0 amide bonds. The van der Waals surface area contributed by atoms with E-state index in [1.54, 1.807) is 18.2 Å². The third kappa shape index (κ3) is 3.86. The molecule has 2 heterocycles. The van der Waals surface area contributed by atoms with Crippen LogP contribution in [0.5, 0.6) is 0 Å². The van der Waals surface area contributed by atoms with Gasteiger partial charge < -0.3 is 9.13 Å². The maximum atomic E-state index is 10.4. The zero-order valence-electron chi connectivity index (χ0n) is 24.2. The van der Waals surface area contributed by atoms with E-state index in [1.165, 1.54) is 0 Å². The van der Waals surface area contributed by atoms with Crippen LogP contribution in [0.15, 0.2) is 121 Å². The molecule has 0 aliphatic rings. The molecule has 210 valence electrons. The molecule has 0 atom stereocenters. The summed E-state index contributed by atoms with van der Waals surface area (Å²) in [5, 5.41) is 43.7. The fourth-order valence-corrected chi connectivity index (χ4v) is 6.67. The van der Waals surface area contributed by atoms with Crippen molar-refractivity contribution in [2.75, 3.05) is 0 Å². The second kappa shape index (κ2) is 10.3. The van der Waals surface area contributed by atoms with Gasteiger partial charge in [0.25, 0.3) is 0 Å². The van der Waals surface area contributed by atoms with Crippen molar-refractivity contribution in [1.29, 1.82) is 21.0 Å². The molecule has 0 saturated heterocycles. The van der Waals surface area contributed by atoms with Gasteiger partial charge >= 0.3 is 0 Å². The van der Waals surface area contributed by atoms with Gasteiger partial charge in [0, 0.05) is 32.8 Å². The number of nitrogens with zero attached hydrogens (tertiary/aromatic N) is 6. The van der Waals surface area contributed by atoms with Crippen LogP contribution in [0.1, 0.15) is 22.3 Å². The molecule has 2 aromatic heterocycles. The van der Waals surface area contributed by atoms with Crippen LogP contribution in [-0.2, 0) is 0 Å². The molecule has 0 unspecified atom stereocenters. The van der Waals surface area contributed by atoms with E-state index >= 15 is 0 Å². The van der Waals surface area contributed by atoms with Gasteiger partial charge in [0.15, 0.2) is 0 Å². The van der Waals surface area contributed by atoms with E-state index in [9.17, 15) is 21.0 Å². The second-order valence-electron chi connectivity index (χ2n) is 11.1. The van der Waals surface area contributed by atoms with Crippen LogP contribution in [0.2, 0.25) is 0 Å². The lowest BCUT2D eigenvalue weighted by atomic mass is 9.97. The molecule has 46 heavy (non-hydrogen) atoms. The highest BCUT2D eigenvalue weighted by molar-refractivity contribution is 6.11. The molecular formula is C40H20N6. The van der Waals surface area contributed by atoms with Crippen LogP contribution in [0.25, 0.3) is 66.1 Å². The van der Waals surface area contributed by atoms with Gasteiger partial charge in [-0.3, -0.25) is 0 Å². The SMILES string of the molecule is N#Cc1cc(-c2cccc(C#N)c2-n2c3ccccc3c3cc(C#N)ccc32)cc(-n2c3ccccc3c3cc(C#N)ccc32)c1. The Hall–Kier alpha value is -7.12. The zero-order chi connectivity index (χ0) is 31.4. The normalized spacial score (nSPS) is 11.0. The smallest absolute Gasteiger partial charge is 0.101 e. The maximum Gasteiger partial charge on any atom is 0.101 e. The van der Waals surface area contributed by atoms with Crippen molar-refractivity contribution in [3.8, 4) is 46.8 Å². The topological polar surface area (TPSA) is 105 Å². The molecule has 0 spiro atoms. The monoisotopic (exact) mass is 584 g/mol. The average molecular weight is 585 g/mol. The van der Waals surface area contributed by atoms with E-state index in [-0.39, 0.29) is 0 Å². The largest absolute Gasteiger partial charge is 0.309 e. The summed E-state index contributed by atoms with van der Waals surface area (Å²) in [5.41, 5.74) is 8.80. The summed E-state index contributed by atoms with van der Waals surface area (Å²) in [4.78, 5) is 0. The van der Waals surface area contributed by atoms with E-state index in [2.05, 4.69) is 33.4 Å². The molecule has 6 heteroatoms. The molecule has 6 aromatic carbocycles. The molecule has 0 bridgehead atoms. The lowest BCUT2D eigenvalue weighted by Gasteiger charge is -2.17. The van der Waals surface area contributed by atoms with Crippen molar-refractivity contribution < 1.29 is 0 Å². The predicted molar refractivity (Wildman–Crippen MR) is 179 cm³/mol. The maximum absolute atomic E-state index is 10.4. The van der Waals surface area contributed by atoms with Crippen molar-refractivity contribution >= 4 is 43.6 Å². The number of rotatable bonds is 3. The van der Waals surface area contributed by atoms with Gasteiger partial charge in [-0.1, -0.05) is 48.5 Å². The van der Waals surface area contributed by atoms with E-state index in [4.69, 9.17) is 0 Å². The molecule has 6 nitrogen and oxygen atoms in total. The number of benzene rings is 6. The number of hydrogen-bond donors (Lipinski definition) is 0.